The van der Waals surface area contributed by atoms with E-state index >= 15 is 0 Å². The predicted octanol–water partition coefficient (Wildman–Crippen LogP) is 3.62. The highest BCUT2D eigenvalue weighted by atomic mass is 32.1. The summed E-state index contributed by atoms with van der Waals surface area (Å²) in [4.78, 5) is 43.9. The molecule has 1 amide bonds. The molecular formula is C28H30F2N8O6S. The zero-order chi connectivity index (χ0) is 32.1. The second-order valence-electron chi connectivity index (χ2n) is 10.3. The van der Waals surface area contributed by atoms with Gasteiger partial charge in [0.25, 0.3) is 5.91 Å². The monoisotopic (exact) mass is 644 g/mol. The van der Waals surface area contributed by atoms with Gasteiger partial charge in [0.15, 0.2) is 12.5 Å². The van der Waals surface area contributed by atoms with E-state index in [1.165, 1.54) is 22.5 Å². The number of carboxylic acid groups (broad SMARTS) is 1. The molecule has 1 aliphatic carbocycles. The second-order valence-corrected chi connectivity index (χ2v) is 11.1. The number of pyridine rings is 1. The Morgan fingerprint density at radius 3 is 2.67 bits per heavy atom. The van der Waals surface area contributed by atoms with Crippen LogP contribution in [0.2, 0.25) is 0 Å². The van der Waals surface area contributed by atoms with Gasteiger partial charge in [0, 0.05) is 29.9 Å². The summed E-state index contributed by atoms with van der Waals surface area (Å²) in [6.07, 6.45) is 7.41. The van der Waals surface area contributed by atoms with Crippen LogP contribution in [0.15, 0.2) is 36.1 Å². The molecule has 0 spiro atoms. The Labute approximate surface area is 259 Å². The number of nitrogens with one attached hydrogen (secondary N) is 1. The summed E-state index contributed by atoms with van der Waals surface area (Å²) in [6, 6.07) is 0.453. The van der Waals surface area contributed by atoms with Gasteiger partial charge in [-0.05, 0) is 44.7 Å². The first-order chi connectivity index (χ1) is 21.6. The van der Waals surface area contributed by atoms with Crippen molar-refractivity contribution in [3.63, 3.8) is 0 Å². The quantitative estimate of drug-likeness (QED) is 0.151. The predicted molar refractivity (Wildman–Crippen MR) is 156 cm³/mol. The number of amides is 1. The summed E-state index contributed by atoms with van der Waals surface area (Å²) in [5, 5.41) is 22.1. The number of esters is 1. The number of nitrogens with two attached hydrogens (primary N) is 1. The number of hydrogen-bond acceptors (Lipinski definition) is 11. The molecule has 4 aromatic heterocycles. The van der Waals surface area contributed by atoms with E-state index in [9.17, 15) is 23.2 Å². The van der Waals surface area contributed by atoms with Crippen molar-refractivity contribution in [3.8, 4) is 22.0 Å². The molecule has 1 fully saturated rings. The standard InChI is InChI=1S/C28H30F2N8O6S/c1-2-43-17-5-3-16(4-6-17)38-12-20(25(36-38)24-18(29)7-8-22(30)35-24)33-26(40)21-13-45-27(34-21)15-10-32-37(11-15)14-44-23(39)9-19(31)28(41)42/h7-8,10-13,16-17,19H,2-6,9,14,31H2,1H3,(H,33,40)(H,41,42). The number of carbonyl (C=O) groups excluding carboxylic acids is 2. The molecule has 17 heteroatoms. The van der Waals surface area contributed by atoms with Gasteiger partial charge in [-0.15, -0.1) is 11.3 Å². The molecule has 45 heavy (non-hydrogen) atoms. The molecule has 5 rings (SSSR count). The van der Waals surface area contributed by atoms with Crippen LogP contribution < -0.4 is 11.1 Å². The Bertz CT molecular complexity index is 1680. The molecule has 4 heterocycles. The van der Waals surface area contributed by atoms with Gasteiger partial charge in [0.2, 0.25) is 5.95 Å². The second kappa shape index (κ2) is 14.0. The molecule has 0 bridgehead atoms. The smallest absolute Gasteiger partial charge is 0.321 e. The van der Waals surface area contributed by atoms with E-state index in [4.69, 9.17) is 20.3 Å². The molecule has 4 N–H and O–H groups in total. The van der Waals surface area contributed by atoms with Gasteiger partial charge in [0.1, 0.15) is 28.1 Å². The number of ether oxygens (including phenoxy) is 2. The number of rotatable bonds is 12. The first kappa shape index (κ1) is 31.8. The minimum atomic E-state index is -1.37. The van der Waals surface area contributed by atoms with Gasteiger partial charge in [-0.3, -0.25) is 19.1 Å². The minimum absolute atomic E-state index is 0.0112. The molecule has 1 unspecified atom stereocenters. The van der Waals surface area contributed by atoms with Gasteiger partial charge >= 0.3 is 11.9 Å². The van der Waals surface area contributed by atoms with E-state index in [1.807, 2.05) is 6.92 Å². The van der Waals surface area contributed by atoms with Gasteiger partial charge in [0.05, 0.1) is 30.5 Å². The third kappa shape index (κ3) is 7.73. The van der Waals surface area contributed by atoms with Gasteiger partial charge < -0.3 is 25.6 Å². The Balaban J connectivity index is 1.30. The normalized spacial score (nSPS) is 17.2. The van der Waals surface area contributed by atoms with Crippen LogP contribution in [0.4, 0.5) is 14.5 Å². The van der Waals surface area contributed by atoms with Crippen molar-refractivity contribution in [2.45, 2.75) is 63.9 Å². The molecule has 0 radical (unpaired) electrons. The number of thiazole rings is 1. The van der Waals surface area contributed by atoms with Crippen LogP contribution in [-0.4, -0.2) is 71.2 Å². The highest BCUT2D eigenvalue weighted by Gasteiger charge is 2.27. The minimum Gasteiger partial charge on any atom is -0.480 e. The summed E-state index contributed by atoms with van der Waals surface area (Å²) in [5.74, 6) is -4.41. The van der Waals surface area contributed by atoms with E-state index in [1.54, 1.807) is 10.9 Å². The van der Waals surface area contributed by atoms with Crippen molar-refractivity contribution in [2.75, 3.05) is 11.9 Å². The molecule has 1 atom stereocenters. The number of aliphatic carboxylic acids is 1. The summed E-state index contributed by atoms with van der Waals surface area (Å²) in [7, 11) is 0. The number of carboxylic acids is 1. The summed E-state index contributed by atoms with van der Waals surface area (Å²) in [6.45, 7) is 2.29. The van der Waals surface area contributed by atoms with Crippen LogP contribution in [0.1, 0.15) is 55.6 Å². The van der Waals surface area contributed by atoms with Crippen LogP contribution in [0, 0.1) is 11.8 Å². The van der Waals surface area contributed by atoms with E-state index < -0.39 is 42.1 Å². The molecule has 1 saturated carbocycles. The Morgan fingerprint density at radius 1 is 1.16 bits per heavy atom. The number of hydrogen-bond donors (Lipinski definition) is 3. The SMILES string of the molecule is CCOC1CCC(n2cc(NC(=O)c3csc(-c4cnn(COC(=O)CC(N)C(=O)O)c4)n3)c(-c3nc(F)ccc3F)n2)CC1. The highest BCUT2D eigenvalue weighted by Crippen LogP contribution is 2.34. The fraction of sp³-hybridized carbons (Fsp3) is 0.393. The number of aromatic nitrogens is 6. The Morgan fingerprint density at radius 2 is 1.93 bits per heavy atom. The first-order valence-electron chi connectivity index (χ1n) is 14.1. The number of nitrogens with zero attached hydrogens (tertiary/aromatic N) is 6. The molecule has 0 aromatic carbocycles. The Kier molecular flexibility index (Phi) is 9.90. The zero-order valence-corrected chi connectivity index (χ0v) is 24.9. The van der Waals surface area contributed by atoms with Crippen molar-refractivity contribution < 1.29 is 37.7 Å². The molecule has 14 nitrogen and oxygen atoms in total. The summed E-state index contributed by atoms with van der Waals surface area (Å²) >= 11 is 1.16. The molecular weight excluding hydrogens is 614 g/mol. The van der Waals surface area contributed by atoms with Crippen LogP contribution in [0.3, 0.4) is 0 Å². The maximum atomic E-state index is 14.8. The average Bonchev–Trinajstić information content (AvgIpc) is 3.78. The maximum Gasteiger partial charge on any atom is 0.321 e. The van der Waals surface area contributed by atoms with Crippen molar-refractivity contribution in [3.05, 3.63) is 53.6 Å². The Hall–Kier alpha value is -4.61. The van der Waals surface area contributed by atoms with Gasteiger partial charge in [-0.1, -0.05) is 0 Å². The van der Waals surface area contributed by atoms with Crippen molar-refractivity contribution in [1.29, 1.82) is 0 Å². The lowest BCUT2D eigenvalue weighted by Gasteiger charge is -2.28. The van der Waals surface area contributed by atoms with Crippen LogP contribution >= 0.6 is 11.3 Å². The van der Waals surface area contributed by atoms with Gasteiger partial charge in [-0.2, -0.15) is 14.6 Å². The van der Waals surface area contributed by atoms with Gasteiger partial charge in [-0.25, -0.2) is 19.0 Å². The molecule has 0 saturated heterocycles. The van der Waals surface area contributed by atoms with E-state index in [0.29, 0.717) is 17.2 Å². The lowest BCUT2D eigenvalue weighted by Crippen LogP contribution is -2.33. The van der Waals surface area contributed by atoms with E-state index in [-0.39, 0.29) is 41.6 Å². The lowest BCUT2D eigenvalue weighted by atomic mass is 9.93. The first-order valence-corrected chi connectivity index (χ1v) is 15.0. The molecule has 238 valence electrons. The number of anilines is 1. The largest absolute Gasteiger partial charge is 0.480 e. The van der Waals surface area contributed by atoms with E-state index in [2.05, 4.69) is 25.5 Å². The topological polar surface area (TPSA) is 189 Å². The summed E-state index contributed by atoms with van der Waals surface area (Å²) < 4.78 is 42.5. The summed E-state index contributed by atoms with van der Waals surface area (Å²) in [5.41, 5.74) is 5.73. The van der Waals surface area contributed by atoms with Crippen molar-refractivity contribution >= 4 is 34.9 Å². The number of halogens is 2. The van der Waals surface area contributed by atoms with Crippen molar-refractivity contribution in [1.82, 2.24) is 29.5 Å². The molecule has 0 aliphatic heterocycles. The molecule has 4 aromatic rings. The fourth-order valence-corrected chi connectivity index (χ4v) is 5.62. The lowest BCUT2D eigenvalue weighted by molar-refractivity contribution is -0.152. The van der Waals surface area contributed by atoms with Crippen LogP contribution in [0.5, 0.6) is 0 Å². The molecule has 1 aliphatic rings. The fourth-order valence-electron chi connectivity index (χ4n) is 4.85. The third-order valence-corrected chi connectivity index (χ3v) is 8.01. The zero-order valence-electron chi connectivity index (χ0n) is 24.1. The van der Waals surface area contributed by atoms with Crippen LogP contribution in [-0.2, 0) is 25.8 Å². The maximum absolute atomic E-state index is 14.8. The third-order valence-electron chi connectivity index (χ3n) is 7.12. The number of carbonyl (C=O) groups is 3. The van der Waals surface area contributed by atoms with Crippen molar-refractivity contribution in [2.24, 2.45) is 5.73 Å². The van der Waals surface area contributed by atoms with E-state index in [0.717, 1.165) is 49.2 Å². The average molecular weight is 645 g/mol. The highest BCUT2D eigenvalue weighted by molar-refractivity contribution is 7.13. The van der Waals surface area contributed by atoms with Crippen LogP contribution in [0.25, 0.3) is 22.0 Å².